The number of halogens is 2. The summed E-state index contributed by atoms with van der Waals surface area (Å²) in [6.45, 7) is 0.256. The zero-order chi connectivity index (χ0) is 21.1. The Hall–Kier alpha value is -3.67. The Labute approximate surface area is 173 Å². The summed E-state index contributed by atoms with van der Waals surface area (Å²) in [5, 5.41) is 2.55. The summed E-state index contributed by atoms with van der Waals surface area (Å²) in [7, 11) is 0. The highest BCUT2D eigenvalue weighted by atomic mass is 19.1. The lowest BCUT2D eigenvalue weighted by molar-refractivity contribution is 0.144. The number of nitrogens with one attached hydrogen (secondary N) is 1. The highest BCUT2D eigenvalue weighted by Gasteiger charge is 2.28. The fraction of sp³-hybridized carbons (Fsp3) is 0.125. The monoisotopic (exact) mass is 406 g/mol. The number of nitrogen functional groups attached to an aromatic ring is 1. The minimum atomic E-state index is -0.826. The van der Waals surface area contributed by atoms with Gasteiger partial charge in [-0.1, -0.05) is 60.7 Å². The van der Waals surface area contributed by atoms with Crippen LogP contribution in [0.5, 0.6) is 0 Å². The Morgan fingerprint density at radius 2 is 1.63 bits per heavy atom. The van der Waals surface area contributed by atoms with Crippen molar-refractivity contribution < 1.29 is 18.3 Å². The summed E-state index contributed by atoms with van der Waals surface area (Å²) in [6.07, 6.45) is 2.07. The molecule has 6 heteroatoms. The third-order valence-corrected chi connectivity index (χ3v) is 5.15. The van der Waals surface area contributed by atoms with Crippen LogP contribution in [0.4, 0.5) is 19.3 Å². The number of rotatable bonds is 5. The Bertz CT molecular complexity index is 1080. The highest BCUT2D eigenvalue weighted by molar-refractivity contribution is 5.79. The molecule has 0 unspecified atom stereocenters. The molecule has 1 aliphatic carbocycles. The van der Waals surface area contributed by atoms with Crippen molar-refractivity contribution in [1.29, 1.82) is 0 Å². The molecule has 0 spiro atoms. The van der Waals surface area contributed by atoms with Gasteiger partial charge in [0, 0.05) is 18.0 Å². The zero-order valence-electron chi connectivity index (χ0n) is 16.1. The molecule has 1 aliphatic rings. The number of amides is 1. The number of benzene rings is 3. The molecule has 1 amide bonds. The maximum absolute atomic E-state index is 13.9. The number of anilines is 1. The molecule has 0 heterocycles. The lowest BCUT2D eigenvalue weighted by Gasteiger charge is -2.14. The highest BCUT2D eigenvalue weighted by Crippen LogP contribution is 2.44. The van der Waals surface area contributed by atoms with Crippen LogP contribution in [0, 0.1) is 11.6 Å². The molecule has 3 N–H and O–H groups in total. The molecule has 0 atom stereocenters. The van der Waals surface area contributed by atoms with Crippen LogP contribution >= 0.6 is 0 Å². The summed E-state index contributed by atoms with van der Waals surface area (Å²) in [5.74, 6) is -1.58. The Morgan fingerprint density at radius 3 is 2.30 bits per heavy atom. The van der Waals surface area contributed by atoms with E-state index in [-0.39, 0.29) is 30.3 Å². The molecule has 0 bridgehead atoms. The van der Waals surface area contributed by atoms with Gasteiger partial charge in [-0.3, -0.25) is 0 Å². The SMILES string of the molecule is Nc1ccc(F)c(C=CCNC(=O)OCC2c3ccccc3-c3ccccc32)c1F. The van der Waals surface area contributed by atoms with Crippen LogP contribution in [0.1, 0.15) is 22.6 Å². The molecule has 152 valence electrons. The molecule has 0 saturated carbocycles. The van der Waals surface area contributed by atoms with E-state index in [1.54, 1.807) is 0 Å². The Balaban J connectivity index is 1.36. The second-order valence-corrected chi connectivity index (χ2v) is 6.97. The van der Waals surface area contributed by atoms with Gasteiger partial charge in [-0.25, -0.2) is 13.6 Å². The lowest BCUT2D eigenvalue weighted by atomic mass is 9.98. The van der Waals surface area contributed by atoms with Crippen LogP contribution in [0.25, 0.3) is 17.2 Å². The van der Waals surface area contributed by atoms with E-state index in [4.69, 9.17) is 10.5 Å². The normalized spacial score (nSPS) is 12.6. The second-order valence-electron chi connectivity index (χ2n) is 6.97. The number of carbonyl (C=O) groups excluding carboxylic acids is 1. The van der Waals surface area contributed by atoms with E-state index in [0.717, 1.165) is 34.4 Å². The van der Waals surface area contributed by atoms with Crippen LogP contribution < -0.4 is 11.1 Å². The first kappa shape index (κ1) is 19.6. The number of carbonyl (C=O) groups is 1. The van der Waals surface area contributed by atoms with E-state index >= 15 is 0 Å². The van der Waals surface area contributed by atoms with Crippen molar-refractivity contribution in [1.82, 2.24) is 5.32 Å². The fourth-order valence-electron chi connectivity index (χ4n) is 3.71. The Kier molecular flexibility index (Phi) is 5.48. The number of hydrogen-bond acceptors (Lipinski definition) is 3. The van der Waals surface area contributed by atoms with Crippen molar-refractivity contribution in [2.24, 2.45) is 0 Å². The Morgan fingerprint density at radius 1 is 1.00 bits per heavy atom. The quantitative estimate of drug-likeness (QED) is 0.580. The molecule has 4 rings (SSSR count). The molecular formula is C24H20F2N2O2. The van der Waals surface area contributed by atoms with Gasteiger partial charge in [0.25, 0.3) is 0 Å². The van der Waals surface area contributed by atoms with E-state index in [2.05, 4.69) is 17.4 Å². The minimum absolute atomic E-state index is 0.0332. The topological polar surface area (TPSA) is 64.3 Å². The van der Waals surface area contributed by atoms with Crippen molar-refractivity contribution in [3.8, 4) is 11.1 Å². The van der Waals surface area contributed by atoms with Gasteiger partial charge >= 0.3 is 6.09 Å². The molecule has 3 aromatic rings. The van der Waals surface area contributed by atoms with Crippen LogP contribution in [0.15, 0.2) is 66.7 Å². The van der Waals surface area contributed by atoms with E-state index < -0.39 is 17.7 Å². The summed E-state index contributed by atoms with van der Waals surface area (Å²) in [4.78, 5) is 12.1. The first-order valence-corrected chi connectivity index (χ1v) is 9.55. The van der Waals surface area contributed by atoms with E-state index in [9.17, 15) is 13.6 Å². The standard InChI is InChI=1S/C24H20F2N2O2/c25-21-11-12-22(27)23(26)19(21)10-5-13-28-24(29)30-14-20-17-8-3-1-6-15(17)16-7-2-4-9-18(16)20/h1-12,20H,13-14,27H2,(H,28,29). The van der Waals surface area contributed by atoms with Crippen LogP contribution in [0.2, 0.25) is 0 Å². The molecule has 0 saturated heterocycles. The third kappa shape index (κ3) is 3.76. The van der Waals surface area contributed by atoms with Gasteiger partial charge in [0.15, 0.2) is 5.82 Å². The zero-order valence-corrected chi connectivity index (χ0v) is 16.1. The molecule has 4 nitrogen and oxygen atoms in total. The average molecular weight is 406 g/mol. The van der Waals surface area contributed by atoms with E-state index in [1.165, 1.54) is 12.2 Å². The predicted octanol–water partition coefficient (Wildman–Crippen LogP) is 5.10. The number of fused-ring (bicyclic) bond motifs is 3. The smallest absolute Gasteiger partial charge is 0.407 e. The molecule has 0 aromatic heterocycles. The number of nitrogens with two attached hydrogens (primary N) is 1. The average Bonchev–Trinajstić information content (AvgIpc) is 3.08. The number of alkyl carbamates (subject to hydrolysis) is 1. The maximum Gasteiger partial charge on any atom is 0.407 e. The summed E-state index contributed by atoms with van der Waals surface area (Å²) in [6, 6.07) is 18.4. The predicted molar refractivity (Wildman–Crippen MR) is 113 cm³/mol. The van der Waals surface area contributed by atoms with Gasteiger partial charge in [-0.05, 0) is 34.4 Å². The first-order valence-electron chi connectivity index (χ1n) is 9.55. The molecule has 0 fully saturated rings. The minimum Gasteiger partial charge on any atom is -0.449 e. The second kappa shape index (κ2) is 8.37. The molecular weight excluding hydrogens is 386 g/mol. The van der Waals surface area contributed by atoms with Gasteiger partial charge in [0.1, 0.15) is 12.4 Å². The van der Waals surface area contributed by atoms with Crippen LogP contribution in [-0.4, -0.2) is 19.2 Å². The van der Waals surface area contributed by atoms with Gasteiger partial charge in [-0.15, -0.1) is 0 Å². The van der Waals surface area contributed by atoms with E-state index in [1.807, 2.05) is 36.4 Å². The largest absolute Gasteiger partial charge is 0.449 e. The van der Waals surface area contributed by atoms with E-state index in [0.29, 0.717) is 0 Å². The summed E-state index contributed by atoms with van der Waals surface area (Å²) in [5.41, 5.74) is 9.61. The van der Waals surface area contributed by atoms with Crippen LogP contribution in [-0.2, 0) is 4.74 Å². The first-order chi connectivity index (χ1) is 14.6. The number of hydrogen-bond donors (Lipinski definition) is 2. The van der Waals surface area contributed by atoms with Gasteiger partial charge in [-0.2, -0.15) is 0 Å². The van der Waals surface area contributed by atoms with Crippen molar-refractivity contribution in [2.75, 3.05) is 18.9 Å². The molecule has 3 aromatic carbocycles. The maximum atomic E-state index is 13.9. The number of ether oxygens (including phenoxy) is 1. The van der Waals surface area contributed by atoms with Crippen molar-refractivity contribution in [3.05, 3.63) is 95.1 Å². The van der Waals surface area contributed by atoms with Gasteiger partial charge < -0.3 is 15.8 Å². The van der Waals surface area contributed by atoms with Gasteiger partial charge in [0.2, 0.25) is 0 Å². The lowest BCUT2D eigenvalue weighted by Crippen LogP contribution is -2.26. The summed E-state index contributed by atoms with van der Waals surface area (Å²) < 4.78 is 33.0. The summed E-state index contributed by atoms with van der Waals surface area (Å²) >= 11 is 0. The third-order valence-electron chi connectivity index (χ3n) is 5.15. The van der Waals surface area contributed by atoms with Gasteiger partial charge in [0.05, 0.1) is 5.69 Å². The van der Waals surface area contributed by atoms with Crippen molar-refractivity contribution in [3.63, 3.8) is 0 Å². The van der Waals surface area contributed by atoms with Crippen LogP contribution in [0.3, 0.4) is 0 Å². The molecule has 0 aliphatic heterocycles. The van der Waals surface area contributed by atoms with Crippen molar-refractivity contribution in [2.45, 2.75) is 5.92 Å². The fourth-order valence-corrected chi connectivity index (χ4v) is 3.71. The molecule has 0 radical (unpaired) electrons. The van der Waals surface area contributed by atoms with Crippen molar-refractivity contribution >= 4 is 17.9 Å². The molecule has 30 heavy (non-hydrogen) atoms.